The summed E-state index contributed by atoms with van der Waals surface area (Å²) >= 11 is 0. The molecule has 132 valence electrons. The summed E-state index contributed by atoms with van der Waals surface area (Å²) in [5.41, 5.74) is 1.79. The molecule has 2 heterocycles. The first kappa shape index (κ1) is 16.1. The molecule has 25 heavy (non-hydrogen) atoms. The van der Waals surface area contributed by atoms with Gasteiger partial charge >= 0.3 is 0 Å². The summed E-state index contributed by atoms with van der Waals surface area (Å²) in [6.07, 6.45) is 6.98. The van der Waals surface area contributed by atoms with Crippen molar-refractivity contribution in [3.63, 3.8) is 0 Å². The van der Waals surface area contributed by atoms with Crippen LogP contribution < -0.4 is 15.4 Å². The van der Waals surface area contributed by atoms with Gasteiger partial charge in [-0.15, -0.1) is 0 Å². The van der Waals surface area contributed by atoms with Gasteiger partial charge in [-0.1, -0.05) is 12.1 Å². The van der Waals surface area contributed by atoms with E-state index in [-0.39, 0.29) is 11.9 Å². The summed E-state index contributed by atoms with van der Waals surface area (Å²) in [7, 11) is 1.70. The molecule has 1 aromatic heterocycles. The van der Waals surface area contributed by atoms with E-state index in [1.807, 2.05) is 29.1 Å². The molecule has 1 aliphatic carbocycles. The van der Waals surface area contributed by atoms with Gasteiger partial charge in [0, 0.05) is 12.4 Å². The quantitative estimate of drug-likeness (QED) is 0.890. The van der Waals surface area contributed by atoms with E-state index in [1.54, 1.807) is 13.3 Å². The lowest BCUT2D eigenvalue weighted by Gasteiger charge is -2.37. The van der Waals surface area contributed by atoms with E-state index in [0.29, 0.717) is 0 Å². The molecule has 1 amide bonds. The van der Waals surface area contributed by atoms with E-state index in [4.69, 9.17) is 4.74 Å². The molecule has 6 nitrogen and oxygen atoms in total. The monoisotopic (exact) mass is 340 g/mol. The van der Waals surface area contributed by atoms with Crippen LogP contribution in [0.3, 0.4) is 0 Å². The van der Waals surface area contributed by atoms with Gasteiger partial charge in [-0.25, -0.2) is 0 Å². The summed E-state index contributed by atoms with van der Waals surface area (Å²) in [6, 6.07) is 8.00. The molecule has 0 spiro atoms. The van der Waals surface area contributed by atoms with E-state index in [9.17, 15) is 4.79 Å². The number of nitrogens with one attached hydrogen (secondary N) is 2. The Morgan fingerprint density at radius 3 is 2.92 bits per heavy atom. The fourth-order valence-corrected chi connectivity index (χ4v) is 4.18. The van der Waals surface area contributed by atoms with Crippen LogP contribution in [0.25, 0.3) is 0 Å². The smallest absolute Gasteiger partial charge is 0.248 e. The number of ether oxygens (including phenoxy) is 1. The molecule has 0 bridgehead atoms. The number of piperidine rings is 1. The van der Waals surface area contributed by atoms with Crippen molar-refractivity contribution in [3.8, 4) is 5.75 Å². The van der Waals surface area contributed by atoms with Gasteiger partial charge in [-0.05, 0) is 62.0 Å². The highest BCUT2D eigenvalue weighted by molar-refractivity contribution is 5.85. The van der Waals surface area contributed by atoms with Crippen molar-refractivity contribution >= 4 is 5.91 Å². The maximum Gasteiger partial charge on any atom is 0.248 e. The predicted molar refractivity (Wildman–Crippen MR) is 94.5 cm³/mol. The van der Waals surface area contributed by atoms with Gasteiger partial charge < -0.3 is 15.4 Å². The van der Waals surface area contributed by atoms with E-state index < -0.39 is 5.54 Å². The van der Waals surface area contributed by atoms with Gasteiger partial charge in [0.2, 0.25) is 5.91 Å². The molecule has 2 aliphatic rings. The maximum atomic E-state index is 13.3. The summed E-state index contributed by atoms with van der Waals surface area (Å²) < 4.78 is 7.31. The highest BCUT2D eigenvalue weighted by atomic mass is 16.5. The molecule has 2 N–H and O–H groups in total. The predicted octanol–water partition coefficient (Wildman–Crippen LogP) is 1.77. The van der Waals surface area contributed by atoms with Crippen LogP contribution in [0.1, 0.15) is 36.4 Å². The van der Waals surface area contributed by atoms with Crippen LogP contribution in [0, 0.1) is 0 Å². The van der Waals surface area contributed by atoms with Gasteiger partial charge in [0.05, 0.1) is 13.2 Å². The number of hydrogen-bond acceptors (Lipinski definition) is 4. The van der Waals surface area contributed by atoms with E-state index >= 15 is 0 Å². The molecule has 6 heteroatoms. The zero-order valence-electron chi connectivity index (χ0n) is 14.5. The van der Waals surface area contributed by atoms with Crippen LogP contribution in [-0.2, 0) is 16.8 Å². The molecule has 4 rings (SSSR count). The Morgan fingerprint density at radius 1 is 1.36 bits per heavy atom. The first-order valence-corrected chi connectivity index (χ1v) is 8.92. The van der Waals surface area contributed by atoms with Gasteiger partial charge in [0.15, 0.2) is 0 Å². The van der Waals surface area contributed by atoms with Crippen molar-refractivity contribution in [2.24, 2.45) is 0 Å². The Hall–Kier alpha value is -2.34. The number of carbonyl (C=O) groups is 1. The second-order valence-corrected chi connectivity index (χ2v) is 6.82. The normalized spacial score (nSPS) is 21.6. The standard InChI is InChI=1S/C19H24N4O2/c1-25-17-5-2-4-14-15(17)6-7-16(14)22-18(24)19(8-11-20-12-9-19)23-13-3-10-21-23/h2-5,10,13,16,20H,6-9,11-12H2,1H3,(H,22,24). The third-order valence-electron chi connectivity index (χ3n) is 5.55. The Labute approximate surface area is 147 Å². The molecule has 1 aromatic carbocycles. The number of aromatic nitrogens is 2. The third kappa shape index (κ3) is 2.70. The largest absolute Gasteiger partial charge is 0.496 e. The molecule has 1 unspecified atom stereocenters. The van der Waals surface area contributed by atoms with Crippen molar-refractivity contribution < 1.29 is 9.53 Å². The number of nitrogens with zero attached hydrogens (tertiary/aromatic N) is 2. The second-order valence-electron chi connectivity index (χ2n) is 6.82. The van der Waals surface area contributed by atoms with Crippen LogP contribution in [0.15, 0.2) is 36.7 Å². The molecule has 2 aromatic rings. The second kappa shape index (κ2) is 6.52. The first-order valence-electron chi connectivity index (χ1n) is 8.92. The Morgan fingerprint density at radius 2 is 2.20 bits per heavy atom. The van der Waals surface area contributed by atoms with Gasteiger partial charge in [0.25, 0.3) is 0 Å². The summed E-state index contributed by atoms with van der Waals surface area (Å²) in [4.78, 5) is 13.3. The van der Waals surface area contributed by atoms with Crippen molar-refractivity contribution in [2.45, 2.75) is 37.3 Å². The Bertz CT molecular complexity index is 751. The van der Waals surface area contributed by atoms with Crippen LogP contribution in [0.5, 0.6) is 5.75 Å². The number of benzene rings is 1. The van der Waals surface area contributed by atoms with E-state index in [2.05, 4.69) is 21.8 Å². The Kier molecular flexibility index (Phi) is 4.21. The van der Waals surface area contributed by atoms with Gasteiger partial charge in [-0.3, -0.25) is 9.48 Å². The number of methoxy groups -OCH3 is 1. The van der Waals surface area contributed by atoms with Crippen LogP contribution >= 0.6 is 0 Å². The van der Waals surface area contributed by atoms with Crippen molar-refractivity contribution in [1.29, 1.82) is 0 Å². The number of amides is 1. The van der Waals surface area contributed by atoms with Crippen molar-refractivity contribution in [3.05, 3.63) is 47.8 Å². The molecule has 1 aliphatic heterocycles. The number of carbonyl (C=O) groups excluding carboxylic acids is 1. The fraction of sp³-hybridized carbons (Fsp3) is 0.474. The molecule has 0 saturated carbocycles. The first-order chi connectivity index (χ1) is 12.2. The lowest BCUT2D eigenvalue weighted by atomic mass is 9.87. The van der Waals surface area contributed by atoms with Gasteiger partial charge in [-0.2, -0.15) is 5.10 Å². The van der Waals surface area contributed by atoms with Crippen molar-refractivity contribution in [2.75, 3.05) is 20.2 Å². The zero-order valence-corrected chi connectivity index (χ0v) is 14.5. The van der Waals surface area contributed by atoms with Crippen LogP contribution in [-0.4, -0.2) is 35.9 Å². The average Bonchev–Trinajstić information content (AvgIpc) is 3.33. The van der Waals surface area contributed by atoms with Gasteiger partial charge in [0.1, 0.15) is 11.3 Å². The minimum atomic E-state index is -0.601. The number of rotatable bonds is 4. The topological polar surface area (TPSA) is 68.2 Å². The molecule has 1 atom stereocenters. The van der Waals surface area contributed by atoms with Crippen molar-refractivity contribution in [1.82, 2.24) is 20.4 Å². The molecular weight excluding hydrogens is 316 g/mol. The summed E-state index contributed by atoms with van der Waals surface area (Å²) in [5.74, 6) is 0.983. The minimum Gasteiger partial charge on any atom is -0.496 e. The summed E-state index contributed by atoms with van der Waals surface area (Å²) in [5, 5.41) is 11.0. The summed E-state index contributed by atoms with van der Waals surface area (Å²) in [6.45, 7) is 1.64. The number of fused-ring (bicyclic) bond motifs is 1. The molecule has 1 saturated heterocycles. The lowest BCUT2D eigenvalue weighted by molar-refractivity contribution is -0.132. The minimum absolute atomic E-state index is 0.0416. The molecule has 0 radical (unpaired) electrons. The SMILES string of the molecule is COc1cccc2c1CCC2NC(=O)C1(n2cccn2)CCNCC1. The van der Waals surface area contributed by atoms with Crippen LogP contribution in [0.2, 0.25) is 0 Å². The van der Waals surface area contributed by atoms with E-state index in [1.165, 1.54) is 11.1 Å². The maximum absolute atomic E-state index is 13.3. The Balaban J connectivity index is 1.60. The highest BCUT2D eigenvalue weighted by Crippen LogP contribution is 2.38. The lowest BCUT2D eigenvalue weighted by Crippen LogP contribution is -2.55. The van der Waals surface area contributed by atoms with Crippen LogP contribution in [0.4, 0.5) is 0 Å². The third-order valence-corrected chi connectivity index (χ3v) is 5.55. The molecular formula is C19H24N4O2. The number of hydrogen-bond donors (Lipinski definition) is 2. The molecule has 1 fully saturated rings. The highest BCUT2D eigenvalue weighted by Gasteiger charge is 2.43. The zero-order chi connectivity index (χ0) is 17.3. The average molecular weight is 340 g/mol. The van der Waals surface area contributed by atoms with E-state index in [0.717, 1.165) is 44.5 Å². The fourth-order valence-electron chi connectivity index (χ4n) is 4.18.